The molecule has 0 aromatic heterocycles. The second kappa shape index (κ2) is 7.95. The quantitative estimate of drug-likeness (QED) is 0.510. The summed E-state index contributed by atoms with van der Waals surface area (Å²) in [5.74, 6) is 1.16. The Hall–Kier alpha value is -1.26. The first kappa shape index (κ1) is 16.7. The summed E-state index contributed by atoms with van der Waals surface area (Å²) in [4.78, 5) is 15.9. The van der Waals surface area contributed by atoms with Crippen molar-refractivity contribution in [1.82, 2.24) is 16.0 Å². The summed E-state index contributed by atoms with van der Waals surface area (Å²) in [6, 6.07) is 0. The fourth-order valence-corrected chi connectivity index (χ4v) is 1.25. The molecule has 106 valence electrons. The van der Waals surface area contributed by atoms with Gasteiger partial charge in [-0.2, -0.15) is 0 Å². The number of rotatable bonds is 5. The second-order valence-electron chi connectivity index (χ2n) is 5.77. The molecule has 0 aromatic rings. The van der Waals surface area contributed by atoms with Gasteiger partial charge in [0.25, 0.3) is 0 Å². The predicted octanol–water partition coefficient (Wildman–Crippen LogP) is 1.11. The zero-order valence-electron chi connectivity index (χ0n) is 12.6. The average Bonchev–Trinajstić information content (AvgIpc) is 2.19. The van der Waals surface area contributed by atoms with Gasteiger partial charge in [-0.3, -0.25) is 4.79 Å². The van der Waals surface area contributed by atoms with Crippen LogP contribution in [-0.2, 0) is 4.79 Å². The SMILES string of the molecule is CCNC(=NCC(=O)NC(C)(C)C)NCC(C)C. The molecule has 5 heteroatoms. The lowest BCUT2D eigenvalue weighted by Gasteiger charge is -2.20. The molecule has 0 saturated carbocycles. The molecule has 0 heterocycles. The number of carbonyl (C=O) groups excluding carboxylic acids is 1. The number of aliphatic imine (C=N–C) groups is 1. The van der Waals surface area contributed by atoms with Crippen molar-refractivity contribution in [1.29, 1.82) is 0 Å². The van der Waals surface area contributed by atoms with E-state index in [9.17, 15) is 4.79 Å². The van der Waals surface area contributed by atoms with Crippen LogP contribution < -0.4 is 16.0 Å². The van der Waals surface area contributed by atoms with Crippen molar-refractivity contribution in [3.05, 3.63) is 0 Å². The molecule has 0 aromatic carbocycles. The van der Waals surface area contributed by atoms with Gasteiger partial charge in [-0.25, -0.2) is 4.99 Å². The van der Waals surface area contributed by atoms with E-state index in [0.717, 1.165) is 13.1 Å². The third-order valence-electron chi connectivity index (χ3n) is 1.92. The molecule has 0 atom stereocenters. The summed E-state index contributed by atoms with van der Waals surface area (Å²) >= 11 is 0. The van der Waals surface area contributed by atoms with E-state index in [1.807, 2.05) is 27.7 Å². The number of hydrogen-bond acceptors (Lipinski definition) is 2. The molecular formula is C13H28N4O. The molecule has 0 aliphatic rings. The van der Waals surface area contributed by atoms with Gasteiger partial charge in [0.15, 0.2) is 5.96 Å². The minimum absolute atomic E-state index is 0.0655. The lowest BCUT2D eigenvalue weighted by atomic mass is 10.1. The lowest BCUT2D eigenvalue weighted by Crippen LogP contribution is -2.43. The smallest absolute Gasteiger partial charge is 0.242 e. The molecule has 5 nitrogen and oxygen atoms in total. The summed E-state index contributed by atoms with van der Waals surface area (Å²) in [5, 5.41) is 9.19. The highest BCUT2D eigenvalue weighted by Gasteiger charge is 2.13. The van der Waals surface area contributed by atoms with E-state index in [0.29, 0.717) is 11.9 Å². The molecular weight excluding hydrogens is 228 g/mol. The molecule has 0 spiro atoms. The maximum absolute atomic E-state index is 11.6. The highest BCUT2D eigenvalue weighted by molar-refractivity contribution is 5.85. The summed E-state index contributed by atoms with van der Waals surface area (Å²) in [6.07, 6.45) is 0. The molecule has 0 unspecified atom stereocenters. The van der Waals surface area contributed by atoms with Gasteiger partial charge in [-0.15, -0.1) is 0 Å². The molecule has 18 heavy (non-hydrogen) atoms. The van der Waals surface area contributed by atoms with Crippen LogP contribution >= 0.6 is 0 Å². The lowest BCUT2D eigenvalue weighted by molar-refractivity contribution is -0.121. The van der Waals surface area contributed by atoms with Gasteiger partial charge in [0.05, 0.1) is 0 Å². The zero-order chi connectivity index (χ0) is 14.2. The molecule has 0 saturated heterocycles. The molecule has 0 rings (SSSR count). The van der Waals surface area contributed by atoms with Crippen LogP contribution in [0.25, 0.3) is 0 Å². The standard InChI is InChI=1S/C13H28N4O/c1-7-14-12(15-8-10(2)3)16-9-11(18)17-13(4,5)6/h10H,7-9H2,1-6H3,(H,17,18)(H2,14,15,16). The number of hydrogen-bond donors (Lipinski definition) is 3. The summed E-state index contributed by atoms with van der Waals surface area (Å²) in [5.41, 5.74) is -0.212. The van der Waals surface area contributed by atoms with E-state index < -0.39 is 0 Å². The normalized spacial score (nSPS) is 12.5. The Morgan fingerprint density at radius 1 is 1.22 bits per heavy atom. The van der Waals surface area contributed by atoms with Gasteiger partial charge in [0.1, 0.15) is 6.54 Å². The Bertz CT molecular complexity index is 279. The van der Waals surface area contributed by atoms with Crippen molar-refractivity contribution < 1.29 is 4.79 Å². The second-order valence-corrected chi connectivity index (χ2v) is 5.77. The average molecular weight is 256 g/mol. The highest BCUT2D eigenvalue weighted by Crippen LogP contribution is 1.97. The monoisotopic (exact) mass is 256 g/mol. The number of nitrogens with one attached hydrogen (secondary N) is 3. The maximum atomic E-state index is 11.6. The van der Waals surface area contributed by atoms with Gasteiger partial charge >= 0.3 is 0 Å². The van der Waals surface area contributed by atoms with E-state index in [1.54, 1.807) is 0 Å². The third-order valence-corrected chi connectivity index (χ3v) is 1.92. The van der Waals surface area contributed by atoms with Crippen LogP contribution in [0.2, 0.25) is 0 Å². The largest absolute Gasteiger partial charge is 0.357 e. The minimum atomic E-state index is -0.212. The Kier molecular flexibility index (Phi) is 7.39. The topological polar surface area (TPSA) is 65.5 Å². The molecule has 0 radical (unpaired) electrons. The van der Waals surface area contributed by atoms with Crippen molar-refractivity contribution in [2.45, 2.75) is 47.1 Å². The predicted molar refractivity (Wildman–Crippen MR) is 76.7 cm³/mol. The number of guanidine groups is 1. The van der Waals surface area contributed by atoms with Crippen LogP contribution in [0.3, 0.4) is 0 Å². The summed E-state index contributed by atoms with van der Waals surface area (Å²) in [7, 11) is 0. The van der Waals surface area contributed by atoms with Crippen molar-refractivity contribution in [2.24, 2.45) is 10.9 Å². The first-order valence-corrected chi connectivity index (χ1v) is 6.57. The molecule has 0 bridgehead atoms. The van der Waals surface area contributed by atoms with Crippen LogP contribution in [0.1, 0.15) is 41.5 Å². The number of amides is 1. The number of nitrogens with zero attached hydrogens (tertiary/aromatic N) is 1. The van der Waals surface area contributed by atoms with Crippen LogP contribution in [0.4, 0.5) is 0 Å². The van der Waals surface area contributed by atoms with Gasteiger partial charge in [-0.05, 0) is 33.6 Å². The Labute approximate surface area is 111 Å². The summed E-state index contributed by atoms with van der Waals surface area (Å²) in [6.45, 7) is 13.9. The molecule has 0 aliphatic carbocycles. The van der Waals surface area contributed by atoms with Crippen LogP contribution in [0.15, 0.2) is 4.99 Å². The Morgan fingerprint density at radius 2 is 1.83 bits per heavy atom. The molecule has 1 amide bonds. The first-order chi connectivity index (χ1) is 8.24. The van der Waals surface area contributed by atoms with Crippen LogP contribution in [0.5, 0.6) is 0 Å². The summed E-state index contributed by atoms with van der Waals surface area (Å²) < 4.78 is 0. The zero-order valence-corrected chi connectivity index (χ0v) is 12.6. The van der Waals surface area contributed by atoms with Crippen molar-refractivity contribution >= 4 is 11.9 Å². The molecule has 3 N–H and O–H groups in total. The van der Waals surface area contributed by atoms with Crippen LogP contribution in [-0.4, -0.2) is 37.0 Å². The Balaban J connectivity index is 4.26. The molecule has 0 fully saturated rings. The van der Waals surface area contributed by atoms with Crippen molar-refractivity contribution in [3.63, 3.8) is 0 Å². The van der Waals surface area contributed by atoms with E-state index in [4.69, 9.17) is 0 Å². The van der Waals surface area contributed by atoms with Gasteiger partial charge in [-0.1, -0.05) is 13.8 Å². The van der Waals surface area contributed by atoms with E-state index in [-0.39, 0.29) is 18.0 Å². The fraction of sp³-hybridized carbons (Fsp3) is 0.846. The van der Waals surface area contributed by atoms with E-state index in [1.165, 1.54) is 0 Å². The Morgan fingerprint density at radius 3 is 2.28 bits per heavy atom. The van der Waals surface area contributed by atoms with E-state index >= 15 is 0 Å². The van der Waals surface area contributed by atoms with Gasteiger partial charge in [0, 0.05) is 18.6 Å². The van der Waals surface area contributed by atoms with Gasteiger partial charge < -0.3 is 16.0 Å². The van der Waals surface area contributed by atoms with Gasteiger partial charge in [0.2, 0.25) is 5.91 Å². The molecule has 0 aliphatic heterocycles. The maximum Gasteiger partial charge on any atom is 0.242 e. The highest BCUT2D eigenvalue weighted by atomic mass is 16.2. The minimum Gasteiger partial charge on any atom is -0.357 e. The fourth-order valence-electron chi connectivity index (χ4n) is 1.25. The third kappa shape index (κ3) is 9.93. The van der Waals surface area contributed by atoms with Crippen molar-refractivity contribution in [2.75, 3.05) is 19.6 Å². The number of carbonyl (C=O) groups is 1. The van der Waals surface area contributed by atoms with Crippen LogP contribution in [0, 0.1) is 5.92 Å². The van der Waals surface area contributed by atoms with Crippen molar-refractivity contribution in [3.8, 4) is 0 Å². The van der Waals surface area contributed by atoms with E-state index in [2.05, 4.69) is 34.8 Å². The first-order valence-electron chi connectivity index (χ1n) is 6.57.